The van der Waals surface area contributed by atoms with Gasteiger partial charge in [0.05, 0.1) is 7.11 Å². The van der Waals surface area contributed by atoms with Gasteiger partial charge < -0.3 is 10.1 Å². The van der Waals surface area contributed by atoms with Crippen molar-refractivity contribution in [2.24, 2.45) is 5.41 Å². The van der Waals surface area contributed by atoms with Gasteiger partial charge in [0.15, 0.2) is 0 Å². The van der Waals surface area contributed by atoms with Crippen LogP contribution in [0.25, 0.3) is 0 Å². The largest absolute Gasteiger partial charge is 0.497 e. The van der Waals surface area contributed by atoms with Crippen molar-refractivity contribution in [3.8, 4) is 5.75 Å². The molecule has 0 saturated heterocycles. The van der Waals surface area contributed by atoms with E-state index in [2.05, 4.69) is 19.2 Å². The molecule has 1 aromatic carbocycles. The Morgan fingerprint density at radius 2 is 1.95 bits per heavy atom. The molecular weight excluding hydrogens is 253 g/mol. The zero-order valence-electron chi connectivity index (χ0n) is 13.0. The summed E-state index contributed by atoms with van der Waals surface area (Å²) in [7, 11) is 1.56. The zero-order valence-corrected chi connectivity index (χ0v) is 13.0. The van der Waals surface area contributed by atoms with Crippen molar-refractivity contribution in [1.29, 1.82) is 0 Å². The Kier molecular flexibility index (Phi) is 4.69. The molecule has 1 atom stereocenters. The summed E-state index contributed by atoms with van der Waals surface area (Å²) in [4.78, 5) is 0. The molecule has 1 N–H and O–H groups in total. The van der Waals surface area contributed by atoms with Gasteiger partial charge in [0.1, 0.15) is 11.6 Å². The minimum Gasteiger partial charge on any atom is -0.497 e. The summed E-state index contributed by atoms with van der Waals surface area (Å²) < 4.78 is 19.1. The Balaban J connectivity index is 1.97. The van der Waals surface area contributed by atoms with Gasteiger partial charge in [-0.3, -0.25) is 0 Å². The van der Waals surface area contributed by atoms with Crippen LogP contribution in [0.1, 0.15) is 58.1 Å². The van der Waals surface area contributed by atoms with Crippen molar-refractivity contribution in [2.75, 3.05) is 7.11 Å². The third-order valence-electron chi connectivity index (χ3n) is 4.50. The summed E-state index contributed by atoms with van der Waals surface area (Å²) in [5.41, 5.74) is 1.18. The standard InChI is InChI=1S/C17H26FNO/c1-12(15-6-5-14(20-4)11-16(15)18)19-13-7-9-17(2,3)10-8-13/h5-6,11-13,19H,7-10H2,1-4H3. The van der Waals surface area contributed by atoms with Gasteiger partial charge in [-0.15, -0.1) is 0 Å². The predicted octanol–water partition coefficient (Wildman–Crippen LogP) is 4.45. The second-order valence-electron chi connectivity index (χ2n) is 6.71. The molecule has 1 saturated carbocycles. The molecule has 0 bridgehead atoms. The fourth-order valence-electron chi connectivity index (χ4n) is 3.00. The first-order chi connectivity index (χ1) is 9.41. The summed E-state index contributed by atoms with van der Waals surface area (Å²) in [6.07, 6.45) is 4.83. The Bertz CT molecular complexity index is 448. The van der Waals surface area contributed by atoms with Crippen LogP contribution in [0.2, 0.25) is 0 Å². The molecule has 0 spiro atoms. The zero-order chi connectivity index (χ0) is 14.8. The fraction of sp³-hybridized carbons (Fsp3) is 0.647. The molecule has 2 nitrogen and oxygen atoms in total. The first-order valence-electron chi connectivity index (χ1n) is 7.51. The van der Waals surface area contributed by atoms with Crippen LogP contribution in [-0.4, -0.2) is 13.2 Å². The van der Waals surface area contributed by atoms with Gasteiger partial charge in [-0.2, -0.15) is 0 Å². The molecule has 0 amide bonds. The molecular formula is C17H26FNO. The normalized spacial score (nSPS) is 20.6. The predicted molar refractivity (Wildman–Crippen MR) is 80.5 cm³/mol. The van der Waals surface area contributed by atoms with Crippen LogP contribution in [0, 0.1) is 11.2 Å². The van der Waals surface area contributed by atoms with Crippen molar-refractivity contribution in [3.05, 3.63) is 29.6 Å². The van der Waals surface area contributed by atoms with E-state index in [4.69, 9.17) is 4.74 Å². The number of methoxy groups -OCH3 is 1. The van der Waals surface area contributed by atoms with Gasteiger partial charge in [-0.1, -0.05) is 19.9 Å². The number of hydrogen-bond donors (Lipinski definition) is 1. The molecule has 1 unspecified atom stereocenters. The van der Waals surface area contributed by atoms with Crippen molar-refractivity contribution < 1.29 is 9.13 Å². The number of nitrogens with one attached hydrogen (secondary N) is 1. The average Bonchev–Trinajstić information content (AvgIpc) is 2.40. The molecule has 1 aliphatic rings. The first-order valence-corrected chi connectivity index (χ1v) is 7.51. The van der Waals surface area contributed by atoms with E-state index in [0.717, 1.165) is 5.56 Å². The Hall–Kier alpha value is -1.09. The highest BCUT2D eigenvalue weighted by Crippen LogP contribution is 2.36. The molecule has 1 aliphatic carbocycles. The van der Waals surface area contributed by atoms with E-state index in [-0.39, 0.29) is 11.9 Å². The van der Waals surface area contributed by atoms with Crippen LogP contribution in [0.15, 0.2) is 18.2 Å². The van der Waals surface area contributed by atoms with E-state index in [1.54, 1.807) is 7.11 Å². The van der Waals surface area contributed by atoms with E-state index in [1.807, 2.05) is 19.1 Å². The number of ether oxygens (including phenoxy) is 1. The van der Waals surface area contributed by atoms with Crippen molar-refractivity contribution in [3.63, 3.8) is 0 Å². The summed E-state index contributed by atoms with van der Waals surface area (Å²) in [6, 6.07) is 5.63. The highest BCUT2D eigenvalue weighted by Gasteiger charge is 2.27. The van der Waals surface area contributed by atoms with E-state index in [9.17, 15) is 4.39 Å². The Morgan fingerprint density at radius 3 is 2.50 bits per heavy atom. The lowest BCUT2D eigenvalue weighted by atomic mass is 9.75. The molecule has 0 radical (unpaired) electrons. The summed E-state index contributed by atoms with van der Waals surface area (Å²) in [5, 5.41) is 3.57. The molecule has 0 heterocycles. The van der Waals surface area contributed by atoms with E-state index >= 15 is 0 Å². The Labute approximate surface area is 121 Å². The third-order valence-corrected chi connectivity index (χ3v) is 4.50. The van der Waals surface area contributed by atoms with Crippen LogP contribution in [0.5, 0.6) is 5.75 Å². The molecule has 0 aliphatic heterocycles. The van der Waals surface area contributed by atoms with Crippen molar-refractivity contribution >= 4 is 0 Å². The third kappa shape index (κ3) is 3.72. The topological polar surface area (TPSA) is 21.3 Å². The Morgan fingerprint density at radius 1 is 1.30 bits per heavy atom. The smallest absolute Gasteiger partial charge is 0.131 e. The van der Waals surface area contributed by atoms with Gasteiger partial charge >= 0.3 is 0 Å². The van der Waals surface area contributed by atoms with Gasteiger partial charge in [0, 0.05) is 23.7 Å². The molecule has 112 valence electrons. The molecule has 1 fully saturated rings. The second kappa shape index (κ2) is 6.13. The lowest BCUT2D eigenvalue weighted by Gasteiger charge is -2.36. The second-order valence-corrected chi connectivity index (χ2v) is 6.71. The molecule has 1 aromatic rings. The summed E-state index contributed by atoms with van der Waals surface area (Å²) in [5.74, 6) is 0.373. The van der Waals surface area contributed by atoms with Crippen molar-refractivity contribution in [2.45, 2.75) is 58.5 Å². The van der Waals surface area contributed by atoms with Crippen LogP contribution >= 0.6 is 0 Å². The van der Waals surface area contributed by atoms with Gasteiger partial charge in [0.25, 0.3) is 0 Å². The monoisotopic (exact) mass is 279 g/mol. The van der Waals surface area contributed by atoms with Crippen LogP contribution < -0.4 is 10.1 Å². The van der Waals surface area contributed by atoms with Gasteiger partial charge in [-0.25, -0.2) is 4.39 Å². The van der Waals surface area contributed by atoms with Crippen LogP contribution in [-0.2, 0) is 0 Å². The van der Waals surface area contributed by atoms with E-state index in [1.165, 1.54) is 31.7 Å². The molecule has 2 rings (SSSR count). The van der Waals surface area contributed by atoms with Gasteiger partial charge in [-0.05, 0) is 44.1 Å². The maximum Gasteiger partial charge on any atom is 0.131 e. The maximum absolute atomic E-state index is 14.0. The first kappa shape index (κ1) is 15.3. The number of halogens is 1. The minimum atomic E-state index is -0.194. The highest BCUT2D eigenvalue weighted by atomic mass is 19.1. The SMILES string of the molecule is COc1ccc(C(C)NC2CCC(C)(C)CC2)c(F)c1. The fourth-order valence-corrected chi connectivity index (χ4v) is 3.00. The minimum absolute atomic E-state index is 0.0344. The summed E-state index contributed by atoms with van der Waals surface area (Å²) >= 11 is 0. The number of hydrogen-bond acceptors (Lipinski definition) is 2. The molecule has 3 heteroatoms. The van der Waals surface area contributed by atoms with Crippen LogP contribution in [0.3, 0.4) is 0 Å². The van der Waals surface area contributed by atoms with Crippen LogP contribution in [0.4, 0.5) is 4.39 Å². The number of rotatable bonds is 4. The average molecular weight is 279 g/mol. The van der Waals surface area contributed by atoms with E-state index in [0.29, 0.717) is 17.2 Å². The van der Waals surface area contributed by atoms with Gasteiger partial charge in [0.2, 0.25) is 0 Å². The molecule has 0 aromatic heterocycles. The van der Waals surface area contributed by atoms with Crippen molar-refractivity contribution in [1.82, 2.24) is 5.32 Å². The maximum atomic E-state index is 14.0. The lowest BCUT2D eigenvalue weighted by molar-refractivity contribution is 0.199. The molecule has 20 heavy (non-hydrogen) atoms. The lowest BCUT2D eigenvalue weighted by Crippen LogP contribution is -2.37. The van der Waals surface area contributed by atoms with E-state index < -0.39 is 0 Å². The quantitative estimate of drug-likeness (QED) is 0.879. The summed E-state index contributed by atoms with van der Waals surface area (Å²) in [6.45, 7) is 6.69. The number of benzene rings is 1. The highest BCUT2D eigenvalue weighted by molar-refractivity contribution is 5.30.